The topological polar surface area (TPSA) is 29.5 Å². The third-order valence-corrected chi connectivity index (χ3v) is 4.47. The lowest BCUT2D eigenvalue weighted by Gasteiger charge is -2.42. The zero-order valence-electron chi connectivity index (χ0n) is 11.3. The zero-order valence-corrected chi connectivity index (χ0v) is 14.4. The molecule has 1 aliphatic rings. The highest BCUT2D eigenvalue weighted by Crippen LogP contribution is 2.29. The lowest BCUT2D eigenvalue weighted by molar-refractivity contribution is -0.116. The van der Waals surface area contributed by atoms with E-state index in [0.717, 1.165) is 0 Å². The second-order valence-corrected chi connectivity index (χ2v) is 6.90. The number of halogens is 3. The van der Waals surface area contributed by atoms with E-state index >= 15 is 0 Å². The van der Waals surface area contributed by atoms with Crippen LogP contribution in [-0.2, 0) is 4.74 Å². The Morgan fingerprint density at radius 3 is 2.60 bits per heavy atom. The van der Waals surface area contributed by atoms with Crippen molar-refractivity contribution in [2.75, 3.05) is 18.4 Å². The Balaban J connectivity index is 2.28. The van der Waals surface area contributed by atoms with Crippen molar-refractivity contribution in [3.05, 3.63) is 33.8 Å². The number of carbonyl (C=O) groups excluding carboxylic acids is 1. The van der Waals surface area contributed by atoms with Gasteiger partial charge < -0.3 is 9.64 Å². The first-order chi connectivity index (χ1) is 9.34. The molecule has 1 heterocycles. The third-order valence-electron chi connectivity index (χ3n) is 3.12. The van der Waals surface area contributed by atoms with E-state index in [1.807, 2.05) is 13.8 Å². The van der Waals surface area contributed by atoms with Gasteiger partial charge in [-0.3, -0.25) is 4.79 Å². The minimum atomic E-state index is -0.389. The van der Waals surface area contributed by atoms with Crippen molar-refractivity contribution in [1.82, 2.24) is 4.90 Å². The molecule has 0 radical (unpaired) electrons. The monoisotopic (exact) mass is 379 g/mol. The van der Waals surface area contributed by atoms with Crippen molar-refractivity contribution in [2.45, 2.75) is 25.6 Å². The van der Waals surface area contributed by atoms with Crippen molar-refractivity contribution in [2.24, 2.45) is 0 Å². The molecule has 20 heavy (non-hydrogen) atoms. The lowest BCUT2D eigenvalue weighted by atomic mass is 10.0. The molecule has 0 aliphatic carbocycles. The van der Waals surface area contributed by atoms with Crippen LogP contribution in [-0.4, -0.2) is 40.9 Å². The van der Waals surface area contributed by atoms with Gasteiger partial charge in [0.05, 0.1) is 27.3 Å². The number of benzene rings is 1. The maximum absolute atomic E-state index is 12.7. The Hall–Kier alpha value is -0.290. The molecule has 1 aromatic carbocycles. The summed E-state index contributed by atoms with van der Waals surface area (Å²) in [6, 6.07) is 5.08. The van der Waals surface area contributed by atoms with Crippen LogP contribution < -0.4 is 0 Å². The van der Waals surface area contributed by atoms with Gasteiger partial charge >= 0.3 is 0 Å². The van der Waals surface area contributed by atoms with Gasteiger partial charge in [0, 0.05) is 18.4 Å². The number of hydrogen-bond donors (Lipinski definition) is 0. The van der Waals surface area contributed by atoms with Crippen LogP contribution in [0, 0.1) is 0 Å². The SMILES string of the molecule is CC1(C)CN(C(=O)c2c(Cl)cccc2Cl)CC(CBr)O1. The van der Waals surface area contributed by atoms with Crippen molar-refractivity contribution >= 4 is 45.0 Å². The van der Waals surface area contributed by atoms with E-state index < -0.39 is 0 Å². The second-order valence-electron chi connectivity index (χ2n) is 5.44. The minimum Gasteiger partial charge on any atom is -0.368 e. The molecule has 1 fully saturated rings. The van der Waals surface area contributed by atoms with Gasteiger partial charge in [0.25, 0.3) is 5.91 Å². The predicted octanol–water partition coefficient (Wildman–Crippen LogP) is 4.01. The highest BCUT2D eigenvalue weighted by molar-refractivity contribution is 9.09. The summed E-state index contributed by atoms with van der Waals surface area (Å²) in [5.74, 6) is -0.150. The molecule has 6 heteroatoms. The summed E-state index contributed by atoms with van der Waals surface area (Å²) in [6.45, 7) is 4.97. The molecule has 2 rings (SSSR count). The van der Waals surface area contributed by atoms with Crippen LogP contribution in [0.25, 0.3) is 0 Å². The molecule has 0 aromatic heterocycles. The van der Waals surface area contributed by atoms with Crippen LogP contribution >= 0.6 is 39.1 Å². The zero-order chi connectivity index (χ0) is 14.9. The normalized spacial score (nSPS) is 21.9. The molecule has 110 valence electrons. The van der Waals surface area contributed by atoms with Crippen molar-refractivity contribution < 1.29 is 9.53 Å². The molecule has 1 atom stereocenters. The Kier molecular flexibility index (Phi) is 5.00. The van der Waals surface area contributed by atoms with E-state index in [9.17, 15) is 4.79 Å². The molecule has 1 aromatic rings. The number of amides is 1. The summed E-state index contributed by atoms with van der Waals surface area (Å²) in [7, 11) is 0. The Morgan fingerprint density at radius 2 is 2.05 bits per heavy atom. The maximum Gasteiger partial charge on any atom is 0.257 e. The van der Waals surface area contributed by atoms with Gasteiger partial charge in [0.15, 0.2) is 0 Å². The minimum absolute atomic E-state index is 0.0380. The summed E-state index contributed by atoms with van der Waals surface area (Å²) < 4.78 is 5.89. The van der Waals surface area contributed by atoms with E-state index in [0.29, 0.717) is 34.0 Å². The number of alkyl halides is 1. The number of rotatable bonds is 2. The van der Waals surface area contributed by atoms with E-state index in [1.54, 1.807) is 23.1 Å². The first-order valence-electron chi connectivity index (χ1n) is 6.31. The molecule has 1 amide bonds. The fourth-order valence-electron chi connectivity index (χ4n) is 2.39. The van der Waals surface area contributed by atoms with E-state index in [-0.39, 0.29) is 17.6 Å². The lowest BCUT2D eigenvalue weighted by Crippen LogP contribution is -2.55. The van der Waals surface area contributed by atoms with Gasteiger partial charge in [0.2, 0.25) is 0 Å². The Labute approximate surface area is 137 Å². The van der Waals surface area contributed by atoms with Crippen molar-refractivity contribution in [3.63, 3.8) is 0 Å². The highest BCUT2D eigenvalue weighted by atomic mass is 79.9. The van der Waals surface area contributed by atoms with E-state index in [4.69, 9.17) is 27.9 Å². The average molecular weight is 381 g/mol. The highest BCUT2D eigenvalue weighted by Gasteiger charge is 2.36. The molecule has 0 saturated carbocycles. The molecule has 1 saturated heterocycles. The van der Waals surface area contributed by atoms with Gasteiger partial charge in [-0.1, -0.05) is 45.2 Å². The number of ether oxygens (including phenoxy) is 1. The summed E-state index contributed by atoms with van der Waals surface area (Å²) in [5, 5.41) is 1.43. The van der Waals surface area contributed by atoms with Gasteiger partial charge in [-0.15, -0.1) is 0 Å². The molecule has 3 nitrogen and oxygen atoms in total. The van der Waals surface area contributed by atoms with Gasteiger partial charge in [-0.05, 0) is 26.0 Å². The number of hydrogen-bond acceptors (Lipinski definition) is 2. The Morgan fingerprint density at radius 1 is 1.45 bits per heavy atom. The smallest absolute Gasteiger partial charge is 0.257 e. The standard InChI is InChI=1S/C14H16BrCl2NO2/c1-14(2)8-18(7-9(6-15)20-14)13(19)12-10(16)4-3-5-11(12)17/h3-5,9H,6-8H2,1-2H3. The van der Waals surface area contributed by atoms with Crippen LogP contribution in [0.5, 0.6) is 0 Å². The molecule has 1 unspecified atom stereocenters. The average Bonchev–Trinajstić information content (AvgIpc) is 2.36. The van der Waals surface area contributed by atoms with Gasteiger partial charge in [-0.2, -0.15) is 0 Å². The largest absolute Gasteiger partial charge is 0.368 e. The van der Waals surface area contributed by atoms with E-state index in [1.165, 1.54) is 0 Å². The van der Waals surface area contributed by atoms with Crippen LogP contribution in [0.4, 0.5) is 0 Å². The fraction of sp³-hybridized carbons (Fsp3) is 0.500. The molecule has 0 bridgehead atoms. The molecular weight excluding hydrogens is 365 g/mol. The predicted molar refractivity (Wildman–Crippen MR) is 85.1 cm³/mol. The fourth-order valence-corrected chi connectivity index (χ4v) is 3.29. The Bertz CT molecular complexity index is 502. The molecular formula is C14H16BrCl2NO2. The van der Waals surface area contributed by atoms with Gasteiger partial charge in [0.1, 0.15) is 0 Å². The molecule has 1 aliphatic heterocycles. The maximum atomic E-state index is 12.7. The van der Waals surface area contributed by atoms with Gasteiger partial charge in [-0.25, -0.2) is 0 Å². The second kappa shape index (κ2) is 6.22. The van der Waals surface area contributed by atoms with Crippen LogP contribution in [0.2, 0.25) is 10.0 Å². The quantitative estimate of drug-likeness (QED) is 0.725. The summed E-state index contributed by atoms with van der Waals surface area (Å²) in [5.41, 5.74) is -0.0260. The number of morpholine rings is 1. The summed E-state index contributed by atoms with van der Waals surface area (Å²) in [4.78, 5) is 14.4. The molecule has 0 spiro atoms. The van der Waals surface area contributed by atoms with E-state index in [2.05, 4.69) is 15.9 Å². The van der Waals surface area contributed by atoms with Crippen LogP contribution in [0.1, 0.15) is 24.2 Å². The third kappa shape index (κ3) is 3.48. The summed E-state index contributed by atoms with van der Waals surface area (Å²) in [6.07, 6.45) is -0.0380. The molecule has 0 N–H and O–H groups in total. The van der Waals surface area contributed by atoms with Crippen molar-refractivity contribution in [3.8, 4) is 0 Å². The number of carbonyl (C=O) groups is 1. The van der Waals surface area contributed by atoms with Crippen LogP contribution in [0.15, 0.2) is 18.2 Å². The number of nitrogens with zero attached hydrogens (tertiary/aromatic N) is 1. The summed E-state index contributed by atoms with van der Waals surface area (Å²) >= 11 is 15.6. The van der Waals surface area contributed by atoms with Crippen molar-refractivity contribution in [1.29, 1.82) is 0 Å². The first kappa shape index (κ1) is 16.1. The van der Waals surface area contributed by atoms with Crippen LogP contribution in [0.3, 0.4) is 0 Å². The first-order valence-corrected chi connectivity index (χ1v) is 8.19.